The van der Waals surface area contributed by atoms with Gasteiger partial charge in [0.25, 0.3) is 5.56 Å². The van der Waals surface area contributed by atoms with Gasteiger partial charge in [0, 0.05) is 22.8 Å². The molecule has 3 rings (SSSR count). The van der Waals surface area contributed by atoms with Gasteiger partial charge in [-0.15, -0.1) is 0 Å². The van der Waals surface area contributed by atoms with E-state index in [0.717, 1.165) is 4.57 Å². The normalized spacial score (nSPS) is 10.3. The molecule has 1 heterocycles. The largest absolute Gasteiger partial charge is 0.507 e. The Morgan fingerprint density at radius 3 is 2.48 bits per heavy atom. The Kier molecular flexibility index (Phi) is 5.57. The lowest BCUT2D eigenvalue weighted by atomic mass is 10.0. The van der Waals surface area contributed by atoms with Crippen LogP contribution in [0.3, 0.4) is 0 Å². The quantitative estimate of drug-likeness (QED) is 0.647. The number of hydrogen-bond acceptors (Lipinski definition) is 6. The molecule has 0 unspecified atom stereocenters. The highest BCUT2D eigenvalue weighted by atomic mass is 35.5. The van der Waals surface area contributed by atoms with Gasteiger partial charge in [-0.2, -0.15) is 5.26 Å². The summed E-state index contributed by atoms with van der Waals surface area (Å²) in [5, 5.41) is 19.6. The number of hydrogen-bond donors (Lipinski definition) is 1. The van der Waals surface area contributed by atoms with E-state index in [0.29, 0.717) is 17.2 Å². The Morgan fingerprint density at radius 1 is 1.10 bits per heavy atom. The van der Waals surface area contributed by atoms with Crippen LogP contribution in [0.25, 0.3) is 5.69 Å². The second-order valence-electron chi connectivity index (χ2n) is 5.96. The van der Waals surface area contributed by atoms with Crippen molar-refractivity contribution in [1.82, 2.24) is 4.57 Å². The van der Waals surface area contributed by atoms with E-state index in [1.54, 1.807) is 24.3 Å². The Balaban J connectivity index is 2.20. The first-order chi connectivity index (χ1) is 13.9. The fraction of sp³-hybridized carbons (Fsp3) is 0.0952. The van der Waals surface area contributed by atoms with Gasteiger partial charge >= 0.3 is 0 Å². The van der Waals surface area contributed by atoms with Gasteiger partial charge in [0.05, 0.1) is 25.5 Å². The van der Waals surface area contributed by atoms with Crippen molar-refractivity contribution in [2.24, 2.45) is 0 Å². The zero-order chi connectivity index (χ0) is 21.1. The number of nitrogens with zero attached hydrogens (tertiary/aromatic N) is 2. The van der Waals surface area contributed by atoms with Gasteiger partial charge in [-0.3, -0.25) is 14.2 Å². The van der Waals surface area contributed by atoms with E-state index in [9.17, 15) is 20.0 Å². The first-order valence-corrected chi connectivity index (χ1v) is 8.69. The lowest BCUT2D eigenvalue weighted by molar-refractivity contribution is 0.103. The number of halogens is 1. The molecule has 1 N–H and O–H groups in total. The summed E-state index contributed by atoms with van der Waals surface area (Å²) < 4.78 is 11.6. The molecule has 0 amide bonds. The Bertz CT molecular complexity index is 1210. The molecule has 0 aliphatic heterocycles. The highest BCUT2D eigenvalue weighted by Gasteiger charge is 2.19. The van der Waals surface area contributed by atoms with Crippen molar-refractivity contribution in [3.05, 3.63) is 80.7 Å². The minimum atomic E-state index is -0.605. The second-order valence-corrected chi connectivity index (χ2v) is 6.40. The fourth-order valence-corrected chi connectivity index (χ4v) is 2.97. The van der Waals surface area contributed by atoms with E-state index in [4.69, 9.17) is 21.1 Å². The van der Waals surface area contributed by atoms with Crippen LogP contribution in [-0.2, 0) is 0 Å². The van der Waals surface area contributed by atoms with Crippen LogP contribution in [0.2, 0.25) is 5.02 Å². The van der Waals surface area contributed by atoms with Crippen molar-refractivity contribution < 1.29 is 19.4 Å². The first-order valence-electron chi connectivity index (χ1n) is 8.32. The summed E-state index contributed by atoms with van der Waals surface area (Å²) in [6, 6.07) is 11.8. The molecular formula is C21H15ClN2O5. The molecule has 0 saturated heterocycles. The summed E-state index contributed by atoms with van der Waals surface area (Å²) in [6.07, 6.45) is 1.30. The molecule has 0 aliphatic rings. The number of ether oxygens (including phenoxy) is 2. The van der Waals surface area contributed by atoms with Crippen molar-refractivity contribution in [1.29, 1.82) is 5.26 Å². The topological polar surface area (TPSA) is 102 Å². The van der Waals surface area contributed by atoms with E-state index in [1.165, 1.54) is 44.7 Å². The lowest BCUT2D eigenvalue weighted by Gasteiger charge is -2.13. The number of rotatable bonds is 5. The van der Waals surface area contributed by atoms with Gasteiger partial charge in [-0.25, -0.2) is 0 Å². The van der Waals surface area contributed by atoms with Crippen LogP contribution >= 0.6 is 11.6 Å². The number of carbonyl (C=O) groups is 1. The number of methoxy groups -OCH3 is 2. The summed E-state index contributed by atoms with van der Waals surface area (Å²) in [5.41, 5.74) is -0.472. The number of pyridine rings is 1. The summed E-state index contributed by atoms with van der Waals surface area (Å²) in [4.78, 5) is 25.6. The number of nitriles is 1. The van der Waals surface area contributed by atoms with Gasteiger partial charge in [0.1, 0.15) is 17.4 Å². The highest BCUT2D eigenvalue weighted by Crippen LogP contribution is 2.29. The molecule has 0 spiro atoms. The summed E-state index contributed by atoms with van der Waals surface area (Å²) >= 11 is 5.92. The fourth-order valence-electron chi connectivity index (χ4n) is 2.80. The molecule has 0 atom stereocenters. The number of aromatic hydroxyl groups is 1. The van der Waals surface area contributed by atoms with Crippen LogP contribution in [0.1, 0.15) is 21.5 Å². The monoisotopic (exact) mass is 410 g/mol. The zero-order valence-electron chi connectivity index (χ0n) is 15.5. The van der Waals surface area contributed by atoms with Gasteiger partial charge < -0.3 is 14.6 Å². The average Bonchev–Trinajstić information content (AvgIpc) is 2.74. The molecule has 29 heavy (non-hydrogen) atoms. The maximum Gasteiger partial charge on any atom is 0.273 e. The van der Waals surface area contributed by atoms with E-state index in [1.807, 2.05) is 0 Å². The van der Waals surface area contributed by atoms with Crippen molar-refractivity contribution in [2.45, 2.75) is 0 Å². The summed E-state index contributed by atoms with van der Waals surface area (Å²) in [7, 11) is 2.93. The van der Waals surface area contributed by atoms with Crippen LogP contribution in [0, 0.1) is 11.3 Å². The van der Waals surface area contributed by atoms with Crippen LogP contribution in [0.5, 0.6) is 17.2 Å². The molecule has 3 aromatic rings. The number of aromatic nitrogens is 1. The van der Waals surface area contributed by atoms with Gasteiger partial charge in [0.2, 0.25) is 0 Å². The van der Waals surface area contributed by atoms with Crippen molar-refractivity contribution >= 4 is 17.4 Å². The molecular weight excluding hydrogens is 396 g/mol. The smallest absolute Gasteiger partial charge is 0.273 e. The average molecular weight is 411 g/mol. The minimum absolute atomic E-state index is 0.0356. The van der Waals surface area contributed by atoms with Crippen molar-refractivity contribution in [3.63, 3.8) is 0 Å². The molecule has 0 saturated carbocycles. The Labute approximate surface area is 170 Å². The first kappa shape index (κ1) is 20.0. The third kappa shape index (κ3) is 3.79. The molecule has 2 aromatic carbocycles. The molecule has 0 fully saturated rings. The molecule has 8 heteroatoms. The third-order valence-corrected chi connectivity index (χ3v) is 4.48. The summed E-state index contributed by atoms with van der Waals surface area (Å²) in [6.45, 7) is 0. The van der Waals surface area contributed by atoms with E-state index < -0.39 is 11.3 Å². The number of carbonyl (C=O) groups excluding carboxylic acids is 1. The molecule has 0 radical (unpaired) electrons. The van der Waals surface area contributed by atoms with Gasteiger partial charge in [-0.05, 0) is 36.4 Å². The molecule has 146 valence electrons. The van der Waals surface area contributed by atoms with Gasteiger partial charge in [-0.1, -0.05) is 11.6 Å². The third-order valence-electron chi connectivity index (χ3n) is 4.25. The lowest BCUT2D eigenvalue weighted by Crippen LogP contribution is -2.22. The van der Waals surface area contributed by atoms with Gasteiger partial charge in [0.15, 0.2) is 17.3 Å². The second kappa shape index (κ2) is 8.09. The van der Waals surface area contributed by atoms with Crippen LogP contribution < -0.4 is 15.0 Å². The number of phenolic OH excluding ortho intramolecular Hbond substituents is 1. The standard InChI is InChI=1S/C21H15ClN2O5/c1-28-18-6-4-15(9-19(18)29-2)24-11-13(7-12(10-23)21(24)27)20(26)16-8-14(22)3-5-17(16)25/h3-9,11,25H,1-2H3. The highest BCUT2D eigenvalue weighted by molar-refractivity contribution is 6.31. The Hall–Kier alpha value is -3.76. The number of benzene rings is 2. The molecule has 7 nitrogen and oxygen atoms in total. The number of phenols is 1. The molecule has 0 bridgehead atoms. The van der Waals surface area contributed by atoms with Crippen molar-refractivity contribution in [2.75, 3.05) is 14.2 Å². The maximum absolute atomic E-state index is 12.9. The van der Waals surface area contributed by atoms with Crippen LogP contribution in [-0.4, -0.2) is 29.7 Å². The maximum atomic E-state index is 12.9. The minimum Gasteiger partial charge on any atom is -0.507 e. The van der Waals surface area contributed by atoms with E-state index >= 15 is 0 Å². The molecule has 0 aliphatic carbocycles. The SMILES string of the molecule is COc1ccc(-n2cc(C(=O)c3cc(Cl)ccc3O)cc(C#N)c2=O)cc1OC. The number of ketones is 1. The van der Waals surface area contributed by atoms with Crippen LogP contribution in [0.15, 0.2) is 53.5 Å². The zero-order valence-corrected chi connectivity index (χ0v) is 16.2. The Morgan fingerprint density at radius 2 is 1.83 bits per heavy atom. The van der Waals surface area contributed by atoms with E-state index in [-0.39, 0.29) is 27.5 Å². The van der Waals surface area contributed by atoms with E-state index in [2.05, 4.69) is 0 Å². The molecule has 1 aromatic heterocycles. The predicted molar refractivity (Wildman–Crippen MR) is 106 cm³/mol. The van der Waals surface area contributed by atoms with Crippen molar-refractivity contribution in [3.8, 4) is 29.0 Å². The summed E-state index contributed by atoms with van der Waals surface area (Å²) in [5.74, 6) is -0.0157. The van der Waals surface area contributed by atoms with Crippen LogP contribution in [0.4, 0.5) is 0 Å². The predicted octanol–water partition coefficient (Wildman–Crippen LogP) is 3.32.